The zero-order valence-electron chi connectivity index (χ0n) is 78.5. The van der Waals surface area contributed by atoms with Crippen molar-refractivity contribution in [2.45, 2.75) is 202 Å². The number of ether oxygens (including phenoxy) is 1. The number of carbonyl (C=O) groups excluding carboxylic acids is 6. The van der Waals surface area contributed by atoms with Crippen molar-refractivity contribution in [2.75, 3.05) is 80.6 Å². The Hall–Kier alpha value is -12.3. The molecule has 2 saturated heterocycles. The Balaban J connectivity index is 0.000000147. The van der Waals surface area contributed by atoms with Crippen LogP contribution in [0.15, 0.2) is 201 Å². The second-order valence-electron chi connectivity index (χ2n) is 39.9. The molecule has 126 heavy (non-hydrogen) atoms. The summed E-state index contributed by atoms with van der Waals surface area (Å²) in [4.78, 5) is 92.7. The second kappa shape index (κ2) is 39.1. The van der Waals surface area contributed by atoms with Crippen LogP contribution in [0.2, 0.25) is 0 Å². The van der Waals surface area contributed by atoms with Gasteiger partial charge in [0.05, 0.1) is 55.4 Å². The predicted octanol–water partition coefficient (Wildman–Crippen LogP) is 20.1. The first kappa shape index (κ1) is 94.4. The molecule has 0 saturated carbocycles. The van der Waals surface area contributed by atoms with E-state index in [9.17, 15) is 28.8 Å². The lowest BCUT2D eigenvalue weighted by atomic mass is 9.80. The summed E-state index contributed by atoms with van der Waals surface area (Å²) in [6, 6.07) is 60.5. The van der Waals surface area contributed by atoms with Crippen molar-refractivity contribution in [1.82, 2.24) is 35.3 Å². The summed E-state index contributed by atoms with van der Waals surface area (Å²) in [5, 5.41) is 23.4. The van der Waals surface area contributed by atoms with Crippen LogP contribution in [0, 0.1) is 23.2 Å². The molecule has 0 unspecified atom stereocenters. The minimum Gasteiger partial charge on any atom is -0.497 e. The summed E-state index contributed by atoms with van der Waals surface area (Å²) in [7, 11) is 8.78. The SMILES string of the molecule is CC(C)(C)c1cccc(C(=O)Cc2cccc(C#N)c2)c1.CN1Cc2cccc(C(C)(C)C)c2CC1=O.CNC(=O)[C@@H]1CCN(c2cc3cccc(C(C)(C)C)c3cn2)C1.CNC(=O)[C@H]1CCN(c2cc3cccc(C(C)(C)C)c3cn2)C1.COc1ccc(N2Cc3cccc(C(C)(C)C)c3C2=O)cc1.Cn1cc(N2CCc3c(cccc3C(C)(C)C)C2=O)cn1. The molecule has 19 nitrogen and oxygen atoms in total. The number of nitrogens with one attached hydrogen (secondary N) is 2. The highest BCUT2D eigenvalue weighted by Gasteiger charge is 2.37. The smallest absolute Gasteiger partial charge is 0.259 e. The maximum atomic E-state index is 12.9. The van der Waals surface area contributed by atoms with Crippen molar-refractivity contribution in [2.24, 2.45) is 18.9 Å². The standard InChI is InChI=1S/2C19H25N3O.C19H21NO2.C19H19NO.C17H21N3O.C14H19NO/c2*1-19(2,3)16-7-5-6-13-10-17(21-11-15(13)16)22-9-8-14(12-22)18(23)20-4;1-19(2,3)16-7-5-6-13-12-20(18(21)17(13)16)14-8-10-15(22-4)11-9-14;1-19(2,3)17-9-5-8-16(12-17)18(21)11-14-6-4-7-15(10-14)13-20;1-17(2,3)15-7-5-6-14-13(15)8-9-20(16(14)21)12-10-18-19(4)11-12;1-14(2,3)12-7-5-6-10-9-15(4)13(16)8-11(10)12/h2*5-7,10-11,14H,8-9,12H2,1-4H3,(H,20,23);5-11H,12H2,1-4H3;4-10,12H,11H2,1-3H3;5-7,10-11H,8-9H2,1-4H3;5-7H,8-9H2,1-4H3/t2*14-;;;;/m10..../s1. The average Bonchev–Trinajstić information content (AvgIpc) is 1.55. The molecule has 0 radical (unpaired) electrons. The Kier molecular flexibility index (Phi) is 29.3. The second-order valence-corrected chi connectivity index (χ2v) is 39.9. The van der Waals surface area contributed by atoms with Crippen LogP contribution >= 0.6 is 0 Å². The van der Waals surface area contributed by atoms with Gasteiger partial charge < -0.3 is 39.9 Å². The highest BCUT2D eigenvalue weighted by atomic mass is 16.5. The largest absolute Gasteiger partial charge is 0.497 e. The van der Waals surface area contributed by atoms with Crippen LogP contribution in [-0.2, 0) is 86.3 Å². The number of methoxy groups -OCH3 is 1. The van der Waals surface area contributed by atoms with E-state index in [4.69, 9.17) is 10.00 Å². The maximum absolute atomic E-state index is 12.9. The molecule has 5 aliphatic rings. The number of ketones is 1. The van der Waals surface area contributed by atoms with Crippen LogP contribution in [0.25, 0.3) is 21.5 Å². The number of amides is 5. The van der Waals surface area contributed by atoms with Crippen LogP contribution in [-0.4, -0.2) is 121 Å². The minimum absolute atomic E-state index is 0.0248. The number of fused-ring (bicyclic) bond motifs is 5. The fourth-order valence-corrected chi connectivity index (χ4v) is 17.2. The van der Waals surface area contributed by atoms with E-state index in [1.54, 1.807) is 49.1 Å². The number of Topliss-reactive ketones (excluding diaryl/α,β-unsaturated/α-hetero) is 1. The van der Waals surface area contributed by atoms with E-state index in [1.807, 2.05) is 127 Å². The maximum Gasteiger partial charge on any atom is 0.259 e. The first-order valence-corrected chi connectivity index (χ1v) is 44.1. The molecule has 2 fully saturated rings. The van der Waals surface area contributed by atoms with E-state index < -0.39 is 0 Å². The molecule has 11 aromatic rings. The number of aromatic nitrogens is 4. The van der Waals surface area contributed by atoms with Gasteiger partial charge in [-0.05, 0) is 184 Å². The zero-order valence-corrected chi connectivity index (χ0v) is 78.5. The highest BCUT2D eigenvalue weighted by Crippen LogP contribution is 2.40. The molecule has 3 aromatic heterocycles. The molecule has 8 aromatic carbocycles. The highest BCUT2D eigenvalue weighted by molar-refractivity contribution is 6.11. The van der Waals surface area contributed by atoms with Crippen LogP contribution in [0.4, 0.5) is 23.0 Å². The van der Waals surface area contributed by atoms with Crippen LogP contribution in [0.5, 0.6) is 5.75 Å². The molecule has 5 amide bonds. The van der Waals surface area contributed by atoms with Gasteiger partial charge >= 0.3 is 0 Å². The van der Waals surface area contributed by atoms with E-state index in [0.29, 0.717) is 31.5 Å². The quantitative estimate of drug-likeness (QED) is 0.122. The number of aryl methyl sites for hydroxylation is 1. The lowest BCUT2D eigenvalue weighted by Crippen LogP contribution is -2.38. The van der Waals surface area contributed by atoms with Crippen molar-refractivity contribution in [3.05, 3.63) is 284 Å². The zero-order chi connectivity index (χ0) is 91.7. The molecular formula is C107H130N12O7. The van der Waals surface area contributed by atoms with Gasteiger partial charge in [-0.2, -0.15) is 10.4 Å². The number of benzene rings is 8. The Morgan fingerprint density at radius 3 is 1.51 bits per heavy atom. The van der Waals surface area contributed by atoms with Crippen molar-refractivity contribution in [1.29, 1.82) is 5.26 Å². The van der Waals surface area contributed by atoms with E-state index >= 15 is 0 Å². The Bertz CT molecular complexity index is 5710. The summed E-state index contributed by atoms with van der Waals surface area (Å²) in [5.41, 5.74) is 18.4. The molecule has 0 aliphatic carbocycles. The first-order chi connectivity index (χ1) is 59.4. The molecular weight excluding hydrogens is 1570 g/mol. The molecule has 19 heteroatoms. The van der Waals surface area contributed by atoms with Crippen LogP contribution < -0.4 is 35.0 Å². The Morgan fingerprint density at radius 1 is 0.500 bits per heavy atom. The summed E-state index contributed by atoms with van der Waals surface area (Å²) >= 11 is 0. The van der Waals surface area contributed by atoms with Gasteiger partial charge in [0.2, 0.25) is 17.7 Å². The molecule has 660 valence electrons. The number of anilines is 4. The van der Waals surface area contributed by atoms with Crippen molar-refractivity contribution < 1.29 is 33.5 Å². The third kappa shape index (κ3) is 22.7. The van der Waals surface area contributed by atoms with E-state index in [0.717, 1.165) is 120 Å². The number of hydrogen-bond acceptors (Lipinski definition) is 13. The number of rotatable bonds is 10. The Labute approximate surface area is 747 Å². The van der Waals surface area contributed by atoms with Gasteiger partial charge in [-0.25, -0.2) is 9.97 Å². The number of carbonyl (C=O) groups is 6. The molecule has 5 aliphatic heterocycles. The van der Waals surface area contributed by atoms with E-state index in [2.05, 4.69) is 245 Å². The topological polar surface area (TPSA) is 219 Å². The van der Waals surface area contributed by atoms with Gasteiger partial charge in [0, 0.05) is 126 Å². The van der Waals surface area contributed by atoms with Crippen molar-refractivity contribution >= 4 is 79.9 Å². The Morgan fingerprint density at radius 2 is 1.00 bits per heavy atom. The van der Waals surface area contributed by atoms with Crippen LogP contribution in [0.3, 0.4) is 0 Å². The third-order valence-corrected chi connectivity index (χ3v) is 24.3. The molecule has 0 spiro atoms. The van der Waals surface area contributed by atoms with Gasteiger partial charge in [0.15, 0.2) is 5.78 Å². The summed E-state index contributed by atoms with van der Waals surface area (Å²) in [6.45, 7) is 44.7. The average molecular weight is 1700 g/mol. The molecule has 0 bridgehead atoms. The van der Waals surface area contributed by atoms with Gasteiger partial charge in [-0.15, -0.1) is 0 Å². The number of nitrogens with zero attached hydrogens (tertiary/aromatic N) is 10. The molecule has 16 rings (SSSR count). The van der Waals surface area contributed by atoms with Crippen molar-refractivity contribution in [3.8, 4) is 11.8 Å². The van der Waals surface area contributed by atoms with Gasteiger partial charge in [0.25, 0.3) is 11.8 Å². The lowest BCUT2D eigenvalue weighted by molar-refractivity contribution is -0.130. The summed E-state index contributed by atoms with van der Waals surface area (Å²) in [6.07, 6.45) is 11.2. The molecule has 2 N–H and O–H groups in total. The van der Waals surface area contributed by atoms with Crippen LogP contribution in [0.1, 0.15) is 235 Å². The number of hydrogen-bond donors (Lipinski definition) is 2. The summed E-state index contributed by atoms with van der Waals surface area (Å²) < 4.78 is 6.91. The third-order valence-electron chi connectivity index (χ3n) is 24.3. The number of nitriles is 1. The van der Waals surface area contributed by atoms with E-state index in [-0.39, 0.29) is 79.6 Å². The summed E-state index contributed by atoms with van der Waals surface area (Å²) in [5.74, 6) is 3.60. The normalized spacial score (nSPS) is 15.6. The minimum atomic E-state index is -0.0447. The monoisotopic (exact) mass is 1700 g/mol. The lowest BCUT2D eigenvalue weighted by Gasteiger charge is -2.32. The number of likely N-dealkylation sites (N-methyl/N-ethyl adjacent to an activating group) is 1. The molecule has 8 heterocycles. The van der Waals surface area contributed by atoms with Gasteiger partial charge in [-0.1, -0.05) is 240 Å². The fourth-order valence-electron chi connectivity index (χ4n) is 17.2. The number of pyridine rings is 2. The van der Waals surface area contributed by atoms with Crippen molar-refractivity contribution in [3.63, 3.8) is 0 Å². The van der Waals surface area contributed by atoms with Gasteiger partial charge in [-0.3, -0.25) is 33.4 Å². The first-order valence-electron chi connectivity index (χ1n) is 44.1. The fraction of sp³-hybridized carbons (Fsp3) is 0.402. The predicted molar refractivity (Wildman–Crippen MR) is 512 cm³/mol. The van der Waals surface area contributed by atoms with E-state index in [1.165, 1.54) is 60.5 Å². The van der Waals surface area contributed by atoms with Gasteiger partial charge in [0.1, 0.15) is 17.4 Å². The molecule has 2 atom stereocenters.